The minimum Gasteiger partial charge on any atom is -0.457 e. The predicted octanol–water partition coefficient (Wildman–Crippen LogP) is 22.8. The van der Waals surface area contributed by atoms with Gasteiger partial charge in [0.2, 0.25) is 6.71 Å². The van der Waals surface area contributed by atoms with Gasteiger partial charge in [-0.05, 0) is 185 Å². The molecule has 0 unspecified atom stereocenters. The topological polar surface area (TPSA) is 22.3 Å². The van der Waals surface area contributed by atoms with Crippen molar-refractivity contribution in [1.82, 2.24) is 9.13 Å². The van der Waals surface area contributed by atoms with Crippen LogP contribution in [0.1, 0.15) is 165 Å². The molecule has 14 aromatic rings. The van der Waals surface area contributed by atoms with E-state index < -0.39 is 48.4 Å². The van der Waals surface area contributed by atoms with Gasteiger partial charge in [0.25, 0.3) is 0 Å². The first kappa shape index (κ1) is 53.0. The molecular formula is C93H86BN3O. The predicted molar refractivity (Wildman–Crippen MR) is 417 cm³/mol. The molecule has 3 aliphatic heterocycles. The Bertz CT molecular complexity index is 5920. The number of fused-ring (bicyclic) bond motifs is 16. The highest BCUT2D eigenvalue weighted by atomic mass is 16.5. The molecule has 12 aromatic carbocycles. The van der Waals surface area contributed by atoms with Gasteiger partial charge in [0.1, 0.15) is 11.5 Å². The van der Waals surface area contributed by atoms with Crippen molar-refractivity contribution in [3.8, 4) is 45.1 Å². The lowest BCUT2D eigenvalue weighted by Gasteiger charge is -2.50. The largest absolute Gasteiger partial charge is 0.457 e. The zero-order valence-electron chi connectivity index (χ0n) is 66.9. The van der Waals surface area contributed by atoms with Crippen LogP contribution >= 0.6 is 0 Å². The second-order valence-electron chi connectivity index (χ2n) is 32.8. The van der Waals surface area contributed by atoms with E-state index in [1.807, 2.05) is 12.1 Å². The summed E-state index contributed by atoms with van der Waals surface area (Å²) in [5.41, 5.74) is 20.9. The molecule has 0 saturated heterocycles. The minimum absolute atomic E-state index is 0.00204. The maximum absolute atomic E-state index is 10.1. The van der Waals surface area contributed by atoms with Crippen molar-refractivity contribution in [3.63, 3.8) is 0 Å². The Labute approximate surface area is 590 Å². The second-order valence-corrected chi connectivity index (χ2v) is 32.8. The van der Waals surface area contributed by atoms with Crippen LogP contribution in [-0.4, -0.2) is 15.8 Å². The summed E-state index contributed by atoms with van der Waals surface area (Å²) in [5.74, 6) is 1.32. The highest BCUT2D eigenvalue weighted by Gasteiger charge is 2.55. The van der Waals surface area contributed by atoms with Gasteiger partial charge in [-0.1, -0.05) is 267 Å². The number of rotatable bonds is 5. The van der Waals surface area contributed by atoms with Gasteiger partial charge in [-0.15, -0.1) is 0 Å². The number of hydrogen-bond acceptors (Lipinski definition) is 2. The van der Waals surface area contributed by atoms with E-state index >= 15 is 0 Å². The number of hydrogen-bond donors (Lipinski definition) is 0. The molecule has 0 fully saturated rings. The average Bonchev–Trinajstić information content (AvgIpc) is 0.924. The van der Waals surface area contributed by atoms with Crippen molar-refractivity contribution in [2.24, 2.45) is 0 Å². The number of anilines is 3. The molecule has 98 heavy (non-hydrogen) atoms. The molecule has 17 rings (SSSR count). The van der Waals surface area contributed by atoms with E-state index in [0.717, 1.165) is 111 Å². The van der Waals surface area contributed by atoms with Gasteiger partial charge in [-0.2, -0.15) is 0 Å². The summed E-state index contributed by atoms with van der Waals surface area (Å²) in [5, 5.41) is 2.33. The molecule has 0 saturated carbocycles. The Morgan fingerprint density at radius 1 is 0.337 bits per heavy atom. The van der Waals surface area contributed by atoms with E-state index in [1.54, 1.807) is 4.57 Å². The highest BCUT2D eigenvalue weighted by Crippen LogP contribution is 2.59. The minimum atomic E-state index is -1.26. The van der Waals surface area contributed by atoms with Gasteiger partial charge in [-0.3, -0.25) is 0 Å². The van der Waals surface area contributed by atoms with Crippen molar-refractivity contribution in [3.05, 3.63) is 299 Å². The van der Waals surface area contributed by atoms with Crippen LogP contribution in [0.25, 0.3) is 77.2 Å². The zero-order chi connectivity index (χ0) is 74.9. The number of benzene rings is 12. The van der Waals surface area contributed by atoms with E-state index in [2.05, 4.69) is 301 Å². The van der Waals surface area contributed by atoms with Crippen LogP contribution in [0.3, 0.4) is 0 Å². The van der Waals surface area contributed by atoms with E-state index in [9.17, 15) is 11.0 Å². The summed E-state index contributed by atoms with van der Waals surface area (Å²) in [6.07, 6.45) is 0. The van der Waals surface area contributed by atoms with E-state index in [4.69, 9.17) is 4.74 Å². The Kier molecular flexibility index (Phi) is 11.6. The summed E-state index contributed by atoms with van der Waals surface area (Å²) < 4.78 is 88.7. The first-order valence-corrected chi connectivity index (χ1v) is 34.7. The molecule has 4 nitrogen and oxygen atoms in total. The normalized spacial score (nSPS) is 15.3. The van der Waals surface area contributed by atoms with Crippen LogP contribution in [-0.2, 0) is 32.5 Å². The number of nitrogens with zero attached hydrogens (tertiary/aromatic N) is 3. The summed E-state index contributed by atoms with van der Waals surface area (Å²) in [4.78, 5) is 2.43. The zero-order valence-corrected chi connectivity index (χ0v) is 58.9. The van der Waals surface area contributed by atoms with Gasteiger partial charge in [0.15, 0.2) is 0 Å². The third-order valence-electron chi connectivity index (χ3n) is 21.4. The molecule has 2 aromatic heterocycles. The lowest BCUT2D eigenvalue weighted by atomic mass is 9.29. The molecule has 0 N–H and O–H groups in total. The Hall–Kier alpha value is -10.1. The monoisotopic (exact) mass is 1280 g/mol. The van der Waals surface area contributed by atoms with Crippen molar-refractivity contribution in [2.45, 2.75) is 136 Å². The third-order valence-corrected chi connectivity index (χ3v) is 21.4. The molecule has 0 amide bonds. The van der Waals surface area contributed by atoms with Crippen molar-refractivity contribution in [2.75, 3.05) is 4.90 Å². The van der Waals surface area contributed by atoms with Crippen LogP contribution < -0.4 is 26.0 Å². The van der Waals surface area contributed by atoms with Crippen LogP contribution in [0, 0.1) is 0 Å². The molecule has 0 bridgehead atoms. The summed E-state index contributed by atoms with van der Waals surface area (Å²) >= 11 is 0. The average molecular weight is 1280 g/mol. The van der Waals surface area contributed by atoms with Crippen molar-refractivity contribution < 1.29 is 15.7 Å². The van der Waals surface area contributed by atoms with E-state index in [1.165, 1.54) is 22.3 Å². The van der Waals surface area contributed by atoms with E-state index in [0.29, 0.717) is 17.2 Å². The maximum atomic E-state index is 10.1. The van der Waals surface area contributed by atoms with Crippen LogP contribution in [0.15, 0.2) is 249 Å². The smallest absolute Gasteiger partial charge is 0.247 e. The van der Waals surface area contributed by atoms with Crippen molar-refractivity contribution >= 4 is 83.8 Å². The van der Waals surface area contributed by atoms with Crippen LogP contribution in [0.5, 0.6) is 11.5 Å². The molecular weight excluding hydrogens is 1190 g/mol. The van der Waals surface area contributed by atoms with E-state index in [-0.39, 0.29) is 61.0 Å². The standard InChI is InChI=1S/C93H86BN3O/c1-88(2,3)60-38-44-80(69(51-60)57-27-17-16-18-28-57)97-83-49-58(59-47-63(91(10,11)12)50-64(48-59)92(13,14)15)37-42-77(83)94-76-43-41-65(95-81-45-39-61(89(4,5)6)52-70(81)71-53-62(90(7,8)9)40-46-82(71)95)54-74(76)93(72-31-21-25-35-85(72)98-86-36-26-22-32-73(86)93)75-55-66(56-84(97)87(75)94)96-78-33-23-19-29-67(78)68-30-20-24-34-79(68)96/h16-56H,1-15H3/i19D,20D,23D,24D,29D,30D,33D,34D. The maximum Gasteiger partial charge on any atom is 0.247 e. The molecule has 3 aliphatic rings. The highest BCUT2D eigenvalue weighted by molar-refractivity contribution is 6.99. The molecule has 5 heteroatoms. The molecule has 0 radical (unpaired) electrons. The first-order chi connectivity index (χ1) is 50.1. The van der Waals surface area contributed by atoms with Gasteiger partial charge in [-0.25, -0.2) is 0 Å². The van der Waals surface area contributed by atoms with Gasteiger partial charge >= 0.3 is 0 Å². The summed E-state index contributed by atoms with van der Waals surface area (Å²) in [6, 6.07) is 70.1. The molecule has 1 spiro atoms. The lowest BCUT2D eigenvalue weighted by molar-refractivity contribution is 0.435. The Morgan fingerprint density at radius 2 is 0.837 bits per heavy atom. The second kappa shape index (κ2) is 21.5. The van der Waals surface area contributed by atoms with Gasteiger partial charge < -0.3 is 18.8 Å². The third kappa shape index (κ3) is 9.38. The molecule has 5 heterocycles. The first-order valence-electron chi connectivity index (χ1n) is 38.7. The Morgan fingerprint density at radius 3 is 1.41 bits per heavy atom. The summed E-state index contributed by atoms with van der Waals surface area (Å²) in [6.45, 7) is 33.6. The molecule has 482 valence electrons. The van der Waals surface area contributed by atoms with Crippen LogP contribution in [0.4, 0.5) is 17.1 Å². The number of ether oxygens (including phenoxy) is 1. The lowest BCUT2D eigenvalue weighted by Crippen LogP contribution is -2.65. The molecule has 0 aliphatic carbocycles. The number of aromatic nitrogens is 2. The Balaban J connectivity index is 1.10. The summed E-state index contributed by atoms with van der Waals surface area (Å²) in [7, 11) is 0. The SMILES string of the molecule is [2H]c1c([2H])c([2H])c2c(c1[2H])c1c([2H])c([2H])c([2H])c([2H])c1n2-c1cc2c3c(c1)C1(c4ccccc4Oc4ccccc41)c1cc(-n4c5ccc(C(C)(C)C)cc5c5cc(C(C)(C)C)ccc54)ccc1B3c1ccc(-c3cc(C(C)(C)C)cc(C(C)(C)C)c3)cc1N2c1ccc(C(C)(C)C)cc1-c1ccccc1. The number of para-hydroxylation sites is 4. The molecule has 0 atom stereocenters. The fraction of sp³-hybridized carbons (Fsp3) is 0.226. The van der Waals surface area contributed by atoms with Crippen molar-refractivity contribution in [1.29, 1.82) is 0 Å². The fourth-order valence-electron chi connectivity index (χ4n) is 16.2. The van der Waals surface area contributed by atoms with Crippen LogP contribution in [0.2, 0.25) is 0 Å². The van der Waals surface area contributed by atoms with Gasteiger partial charge in [0, 0.05) is 61.0 Å². The van der Waals surface area contributed by atoms with Gasteiger partial charge in [0.05, 0.1) is 44.1 Å². The quantitative estimate of drug-likeness (QED) is 0.160. The fourth-order valence-corrected chi connectivity index (χ4v) is 16.2.